The van der Waals surface area contributed by atoms with Crippen LogP contribution in [0.5, 0.6) is 5.75 Å². The number of rotatable bonds is 5. The van der Waals surface area contributed by atoms with Crippen LogP contribution in [-0.2, 0) is 11.2 Å². The number of ether oxygens (including phenoxy) is 1. The fraction of sp³-hybridized carbons (Fsp3) is 0.393. The number of nitrogens with one attached hydrogen (secondary N) is 1. The monoisotopic (exact) mass is 415 g/mol. The number of hydrogen-bond donors (Lipinski definition) is 1. The summed E-state index contributed by atoms with van der Waals surface area (Å²) in [6.45, 7) is 2.21. The van der Waals surface area contributed by atoms with Crippen LogP contribution in [0, 0.1) is 5.92 Å². The third-order valence-electron chi connectivity index (χ3n) is 7.15. The van der Waals surface area contributed by atoms with Crippen LogP contribution in [0.25, 0.3) is 12.2 Å². The summed E-state index contributed by atoms with van der Waals surface area (Å²) in [5.74, 6) is 1.54. The second-order valence-corrected chi connectivity index (χ2v) is 9.21. The lowest BCUT2D eigenvalue weighted by Crippen LogP contribution is -2.49. The van der Waals surface area contributed by atoms with E-state index >= 15 is 0 Å². The van der Waals surface area contributed by atoms with E-state index in [-0.39, 0.29) is 19.0 Å². The molecule has 3 heteroatoms. The normalized spacial score (nSPS) is 22.6. The van der Waals surface area contributed by atoms with E-state index in [4.69, 9.17) is 4.74 Å². The van der Waals surface area contributed by atoms with Gasteiger partial charge in [-0.1, -0.05) is 67.6 Å². The van der Waals surface area contributed by atoms with Crippen LogP contribution in [0.4, 0.5) is 0 Å². The van der Waals surface area contributed by atoms with Crippen LogP contribution in [-0.4, -0.2) is 11.5 Å². The Bertz CT molecular complexity index is 1040. The summed E-state index contributed by atoms with van der Waals surface area (Å²) in [6.07, 6.45) is 15.6. The maximum atomic E-state index is 13.0. The van der Waals surface area contributed by atoms with Crippen molar-refractivity contribution in [2.75, 3.05) is 0 Å². The van der Waals surface area contributed by atoms with Crippen molar-refractivity contribution in [1.29, 1.82) is 0 Å². The Balaban J connectivity index is 0.00000245. The highest BCUT2D eigenvalue weighted by atomic mass is 16.5. The number of carbonyl (C=O) groups is 1. The molecule has 0 radical (unpaired) electrons. The Morgan fingerprint density at radius 1 is 1.13 bits per heavy atom. The minimum Gasteiger partial charge on any atom is -0.487 e. The van der Waals surface area contributed by atoms with Crippen LogP contribution in [0.15, 0.2) is 54.6 Å². The van der Waals surface area contributed by atoms with Gasteiger partial charge in [0.05, 0.1) is 6.04 Å². The van der Waals surface area contributed by atoms with Crippen LogP contribution >= 0.6 is 0 Å². The Kier molecular flexibility index (Phi) is 5.43. The topological polar surface area (TPSA) is 38.3 Å². The Hall–Kier alpha value is -2.81. The van der Waals surface area contributed by atoms with Crippen molar-refractivity contribution in [1.82, 2.24) is 5.32 Å². The lowest BCUT2D eigenvalue weighted by Gasteiger charge is -2.48. The summed E-state index contributed by atoms with van der Waals surface area (Å²) in [4.78, 5) is 13.0. The smallest absolute Gasteiger partial charge is 0.220 e. The number of aryl methyl sites for hydroxylation is 1. The SMILES string of the molecule is CCC1C=Cc2cccc(CCC(=O)N[C@@H]3CC4(CCC4)Oc4ccccc43)c2C=C1.[HH]. The van der Waals surface area contributed by atoms with E-state index in [1.807, 2.05) is 18.2 Å². The second kappa shape index (κ2) is 8.37. The molecule has 3 aliphatic rings. The van der Waals surface area contributed by atoms with Crippen molar-refractivity contribution in [3.8, 4) is 5.75 Å². The van der Waals surface area contributed by atoms with Gasteiger partial charge < -0.3 is 10.1 Å². The molecule has 162 valence electrons. The molecule has 0 aromatic heterocycles. The van der Waals surface area contributed by atoms with Gasteiger partial charge in [-0.05, 0) is 60.8 Å². The van der Waals surface area contributed by atoms with E-state index in [0.29, 0.717) is 12.3 Å². The summed E-state index contributed by atoms with van der Waals surface area (Å²) >= 11 is 0. The third-order valence-corrected chi connectivity index (χ3v) is 7.15. The van der Waals surface area contributed by atoms with Crippen LogP contribution in [0.2, 0.25) is 0 Å². The molecule has 31 heavy (non-hydrogen) atoms. The molecule has 1 N–H and O–H groups in total. The Morgan fingerprint density at radius 3 is 2.77 bits per heavy atom. The zero-order valence-corrected chi connectivity index (χ0v) is 18.3. The zero-order chi connectivity index (χ0) is 21.3. The summed E-state index contributed by atoms with van der Waals surface area (Å²) in [7, 11) is 0. The first-order valence-electron chi connectivity index (χ1n) is 11.7. The lowest BCUT2D eigenvalue weighted by atomic mass is 9.73. The Labute approximate surface area is 186 Å². The standard InChI is InChI=1S/C28H31NO2.H2/c1-2-20-11-13-21-7-5-8-22(23(21)15-12-20)14-16-27(30)29-25-19-28(17-6-18-28)31-26-10-4-3-9-24(25)26;/h3-5,7-13,15,20,25H,2,6,14,16-19H2,1H3,(H,29,30);1H/t20?,25-;/m1./s1. The fourth-order valence-corrected chi connectivity index (χ4v) is 5.12. The van der Waals surface area contributed by atoms with E-state index in [9.17, 15) is 4.79 Å². The first-order valence-corrected chi connectivity index (χ1v) is 11.7. The molecule has 2 atom stereocenters. The van der Waals surface area contributed by atoms with E-state index in [1.165, 1.54) is 23.1 Å². The molecule has 0 saturated heterocycles. The molecule has 1 unspecified atom stereocenters. The molecular weight excluding hydrogens is 382 g/mol. The van der Waals surface area contributed by atoms with Gasteiger partial charge in [-0.3, -0.25) is 4.79 Å². The van der Waals surface area contributed by atoms with Gasteiger partial charge in [0.25, 0.3) is 0 Å². The van der Waals surface area contributed by atoms with Crippen molar-refractivity contribution < 1.29 is 11.0 Å². The molecule has 2 aromatic rings. The van der Waals surface area contributed by atoms with Crippen LogP contribution < -0.4 is 10.1 Å². The minimum absolute atomic E-state index is 0. The molecule has 1 aliphatic heterocycles. The highest BCUT2D eigenvalue weighted by Crippen LogP contribution is 2.48. The molecule has 2 aromatic carbocycles. The van der Waals surface area contributed by atoms with Crippen molar-refractivity contribution in [3.63, 3.8) is 0 Å². The molecule has 5 rings (SSSR count). The van der Waals surface area contributed by atoms with Crippen molar-refractivity contribution >= 4 is 18.1 Å². The average molecular weight is 416 g/mol. The first-order chi connectivity index (χ1) is 15.2. The number of para-hydroxylation sites is 1. The summed E-state index contributed by atoms with van der Waals surface area (Å²) in [5, 5.41) is 3.33. The number of amides is 1. The quantitative estimate of drug-likeness (QED) is 0.606. The van der Waals surface area contributed by atoms with Gasteiger partial charge in [-0.25, -0.2) is 0 Å². The maximum absolute atomic E-state index is 13.0. The fourth-order valence-electron chi connectivity index (χ4n) is 5.12. The molecule has 2 aliphatic carbocycles. The molecule has 1 heterocycles. The highest BCUT2D eigenvalue weighted by Gasteiger charge is 2.45. The number of hydrogen-bond acceptors (Lipinski definition) is 2. The molecule has 1 amide bonds. The van der Waals surface area contributed by atoms with Gasteiger partial charge in [0.2, 0.25) is 5.91 Å². The summed E-state index contributed by atoms with van der Waals surface area (Å²) in [5.41, 5.74) is 4.78. The van der Waals surface area contributed by atoms with Gasteiger partial charge in [-0.15, -0.1) is 0 Å². The minimum atomic E-state index is -0.0734. The number of fused-ring (bicyclic) bond motifs is 2. The van der Waals surface area contributed by atoms with Crippen molar-refractivity contribution in [2.24, 2.45) is 5.92 Å². The average Bonchev–Trinajstić information content (AvgIpc) is 2.99. The largest absolute Gasteiger partial charge is 0.487 e. The third kappa shape index (κ3) is 4.06. The molecule has 1 saturated carbocycles. The maximum Gasteiger partial charge on any atom is 0.220 e. The van der Waals surface area contributed by atoms with Gasteiger partial charge in [0, 0.05) is 19.8 Å². The van der Waals surface area contributed by atoms with Crippen LogP contribution in [0.3, 0.4) is 0 Å². The van der Waals surface area contributed by atoms with Gasteiger partial charge in [0.15, 0.2) is 0 Å². The first kappa shape index (κ1) is 20.1. The van der Waals surface area contributed by atoms with E-state index in [1.54, 1.807) is 0 Å². The Morgan fingerprint density at radius 2 is 1.97 bits per heavy atom. The predicted octanol–water partition coefficient (Wildman–Crippen LogP) is 6.49. The second-order valence-electron chi connectivity index (χ2n) is 9.21. The summed E-state index contributed by atoms with van der Waals surface area (Å²) < 4.78 is 6.32. The van der Waals surface area contributed by atoms with Crippen LogP contribution in [0.1, 0.15) is 75.2 Å². The molecule has 3 nitrogen and oxygen atoms in total. The molecule has 1 spiro atoms. The zero-order valence-electron chi connectivity index (χ0n) is 18.3. The summed E-state index contributed by atoms with van der Waals surface area (Å²) in [6, 6.07) is 14.6. The van der Waals surface area contributed by atoms with Crippen molar-refractivity contribution in [3.05, 3.63) is 76.9 Å². The number of carbonyl (C=O) groups excluding carboxylic acids is 1. The molecule has 1 fully saturated rings. The number of benzene rings is 2. The predicted molar refractivity (Wildman–Crippen MR) is 128 cm³/mol. The highest BCUT2D eigenvalue weighted by molar-refractivity contribution is 5.78. The van der Waals surface area contributed by atoms with E-state index in [0.717, 1.165) is 43.4 Å². The van der Waals surface area contributed by atoms with Gasteiger partial charge >= 0.3 is 0 Å². The lowest BCUT2D eigenvalue weighted by molar-refractivity contribution is -0.123. The number of allylic oxidation sites excluding steroid dienone is 2. The molecular formula is C28H33NO2. The van der Waals surface area contributed by atoms with E-state index < -0.39 is 0 Å². The van der Waals surface area contributed by atoms with E-state index in [2.05, 4.69) is 60.8 Å². The van der Waals surface area contributed by atoms with Gasteiger partial charge in [0.1, 0.15) is 11.4 Å². The van der Waals surface area contributed by atoms with Gasteiger partial charge in [-0.2, -0.15) is 0 Å². The molecule has 0 bridgehead atoms. The van der Waals surface area contributed by atoms with Crippen molar-refractivity contribution in [2.45, 2.75) is 63.5 Å².